The summed E-state index contributed by atoms with van der Waals surface area (Å²) in [5, 5.41) is 3.08. The van der Waals surface area contributed by atoms with E-state index in [1.165, 1.54) is 18.2 Å². The van der Waals surface area contributed by atoms with Crippen LogP contribution < -0.4 is 5.32 Å². The number of halogens is 4. The van der Waals surface area contributed by atoms with Gasteiger partial charge in [-0.2, -0.15) is 0 Å². The molecule has 1 amide bonds. The number of carbonyl (C=O) groups excluding carboxylic acids is 1. The van der Waals surface area contributed by atoms with Crippen molar-refractivity contribution in [3.05, 3.63) is 63.6 Å². The number of amides is 1. The van der Waals surface area contributed by atoms with Gasteiger partial charge in [0, 0.05) is 17.3 Å². The summed E-state index contributed by atoms with van der Waals surface area (Å²) in [7, 11) is 0. The van der Waals surface area contributed by atoms with E-state index in [-0.39, 0.29) is 10.6 Å². The molecule has 19 heavy (non-hydrogen) atoms. The van der Waals surface area contributed by atoms with Crippen LogP contribution in [0.4, 0.5) is 14.5 Å². The van der Waals surface area contributed by atoms with E-state index < -0.39 is 17.5 Å². The molecule has 0 unspecified atom stereocenters. The van der Waals surface area contributed by atoms with Crippen molar-refractivity contribution in [1.82, 2.24) is 0 Å². The maximum absolute atomic E-state index is 13.0. The van der Waals surface area contributed by atoms with Gasteiger partial charge in [-0.1, -0.05) is 23.2 Å². The van der Waals surface area contributed by atoms with Gasteiger partial charge < -0.3 is 5.32 Å². The van der Waals surface area contributed by atoms with Crippen molar-refractivity contribution in [2.24, 2.45) is 0 Å². The second kappa shape index (κ2) is 5.55. The van der Waals surface area contributed by atoms with Crippen molar-refractivity contribution in [2.75, 3.05) is 5.32 Å². The number of benzene rings is 2. The van der Waals surface area contributed by atoms with Gasteiger partial charge >= 0.3 is 0 Å². The summed E-state index contributed by atoms with van der Waals surface area (Å²) < 4.78 is 26.0. The van der Waals surface area contributed by atoms with Crippen LogP contribution in [0.1, 0.15) is 10.4 Å². The van der Waals surface area contributed by atoms with Crippen LogP contribution >= 0.6 is 23.2 Å². The van der Waals surface area contributed by atoms with Gasteiger partial charge in [0.2, 0.25) is 0 Å². The summed E-state index contributed by atoms with van der Waals surface area (Å²) in [6, 6.07) is 7.05. The van der Waals surface area contributed by atoms with Gasteiger partial charge in [-0.3, -0.25) is 4.79 Å². The Bertz CT molecular complexity index is 626. The SMILES string of the molecule is O=C(Nc1ccc(Cl)c(Cl)c1)c1cc(F)cc(F)c1. The number of rotatable bonds is 2. The minimum atomic E-state index is -0.820. The highest BCUT2D eigenvalue weighted by molar-refractivity contribution is 6.42. The highest BCUT2D eigenvalue weighted by Gasteiger charge is 2.10. The lowest BCUT2D eigenvalue weighted by Gasteiger charge is -2.06. The minimum Gasteiger partial charge on any atom is -0.322 e. The van der Waals surface area contributed by atoms with Crippen molar-refractivity contribution >= 4 is 34.8 Å². The number of hydrogen-bond acceptors (Lipinski definition) is 1. The quantitative estimate of drug-likeness (QED) is 0.868. The summed E-state index contributed by atoms with van der Waals surface area (Å²) in [6.45, 7) is 0. The van der Waals surface area contributed by atoms with Crippen molar-refractivity contribution in [2.45, 2.75) is 0 Å². The Morgan fingerprint density at radius 1 is 0.947 bits per heavy atom. The predicted molar refractivity (Wildman–Crippen MR) is 70.8 cm³/mol. The third-order valence-corrected chi connectivity index (χ3v) is 3.04. The fraction of sp³-hybridized carbons (Fsp3) is 0. The summed E-state index contributed by atoms with van der Waals surface area (Å²) in [4.78, 5) is 11.8. The summed E-state index contributed by atoms with van der Waals surface area (Å²) in [5.74, 6) is -2.28. The van der Waals surface area contributed by atoms with Gasteiger partial charge in [0.05, 0.1) is 10.0 Å². The first-order valence-corrected chi connectivity index (χ1v) is 5.94. The van der Waals surface area contributed by atoms with E-state index in [1.807, 2.05) is 0 Å². The zero-order valence-electron chi connectivity index (χ0n) is 9.38. The summed E-state index contributed by atoms with van der Waals surface area (Å²) >= 11 is 11.5. The lowest BCUT2D eigenvalue weighted by molar-refractivity contribution is 0.102. The van der Waals surface area contributed by atoms with E-state index >= 15 is 0 Å². The van der Waals surface area contributed by atoms with Crippen LogP contribution in [-0.4, -0.2) is 5.91 Å². The Labute approximate surface area is 118 Å². The molecule has 2 rings (SSSR count). The Morgan fingerprint density at radius 2 is 1.58 bits per heavy atom. The van der Waals surface area contributed by atoms with E-state index in [2.05, 4.69) is 5.32 Å². The molecular weight excluding hydrogens is 295 g/mol. The second-order valence-corrected chi connectivity index (χ2v) is 4.56. The van der Waals surface area contributed by atoms with Crippen LogP contribution in [-0.2, 0) is 0 Å². The maximum atomic E-state index is 13.0. The van der Waals surface area contributed by atoms with Crippen LogP contribution in [0.25, 0.3) is 0 Å². The molecule has 98 valence electrons. The Hall–Kier alpha value is -1.65. The molecule has 0 spiro atoms. The molecule has 0 saturated carbocycles. The fourth-order valence-corrected chi connectivity index (χ4v) is 1.76. The molecule has 0 bridgehead atoms. The molecule has 1 N–H and O–H groups in total. The van der Waals surface area contributed by atoms with E-state index in [9.17, 15) is 13.6 Å². The van der Waals surface area contributed by atoms with Gasteiger partial charge in [-0.25, -0.2) is 8.78 Å². The average molecular weight is 302 g/mol. The lowest BCUT2D eigenvalue weighted by Crippen LogP contribution is -2.12. The third kappa shape index (κ3) is 3.43. The van der Waals surface area contributed by atoms with Crippen LogP contribution in [0.2, 0.25) is 10.0 Å². The molecule has 0 saturated heterocycles. The number of carbonyl (C=O) groups is 1. The fourth-order valence-electron chi connectivity index (χ4n) is 1.46. The first kappa shape index (κ1) is 13.8. The van der Waals surface area contributed by atoms with Crippen molar-refractivity contribution < 1.29 is 13.6 Å². The largest absolute Gasteiger partial charge is 0.322 e. The topological polar surface area (TPSA) is 29.1 Å². The van der Waals surface area contributed by atoms with Crippen LogP contribution in [0.3, 0.4) is 0 Å². The molecule has 2 aromatic carbocycles. The molecule has 0 aliphatic rings. The van der Waals surface area contributed by atoms with Crippen LogP contribution in [0.15, 0.2) is 36.4 Å². The van der Waals surface area contributed by atoms with E-state index in [4.69, 9.17) is 23.2 Å². The Balaban J connectivity index is 2.22. The molecule has 0 aliphatic heterocycles. The molecule has 0 radical (unpaired) electrons. The predicted octanol–water partition coefficient (Wildman–Crippen LogP) is 4.52. The van der Waals surface area contributed by atoms with Crippen molar-refractivity contribution in [3.63, 3.8) is 0 Å². The molecule has 6 heteroatoms. The van der Waals surface area contributed by atoms with E-state index in [0.717, 1.165) is 12.1 Å². The van der Waals surface area contributed by atoms with Gasteiger partial charge in [-0.05, 0) is 30.3 Å². The van der Waals surface area contributed by atoms with Gasteiger partial charge in [-0.15, -0.1) is 0 Å². The van der Waals surface area contributed by atoms with Crippen LogP contribution in [0.5, 0.6) is 0 Å². The van der Waals surface area contributed by atoms with Gasteiger partial charge in [0.1, 0.15) is 11.6 Å². The number of nitrogens with one attached hydrogen (secondary N) is 1. The first-order chi connectivity index (χ1) is 8.95. The molecule has 2 nitrogen and oxygen atoms in total. The van der Waals surface area contributed by atoms with Crippen LogP contribution in [0, 0.1) is 11.6 Å². The van der Waals surface area contributed by atoms with E-state index in [1.54, 1.807) is 0 Å². The number of anilines is 1. The smallest absolute Gasteiger partial charge is 0.255 e. The van der Waals surface area contributed by atoms with Crippen molar-refractivity contribution in [1.29, 1.82) is 0 Å². The zero-order chi connectivity index (χ0) is 14.0. The standard InChI is InChI=1S/C13H7Cl2F2NO/c14-11-2-1-10(6-12(11)15)18-13(19)7-3-8(16)5-9(17)4-7/h1-6H,(H,18,19). The zero-order valence-corrected chi connectivity index (χ0v) is 10.9. The van der Waals surface area contributed by atoms with E-state index in [0.29, 0.717) is 16.8 Å². The average Bonchev–Trinajstić information content (AvgIpc) is 2.32. The second-order valence-electron chi connectivity index (χ2n) is 3.74. The molecular formula is C13H7Cl2F2NO. The highest BCUT2D eigenvalue weighted by atomic mass is 35.5. The summed E-state index contributed by atoms with van der Waals surface area (Å²) in [5.41, 5.74) is 0.257. The Morgan fingerprint density at radius 3 is 2.16 bits per heavy atom. The van der Waals surface area contributed by atoms with Gasteiger partial charge in [0.15, 0.2) is 0 Å². The molecule has 2 aromatic rings. The highest BCUT2D eigenvalue weighted by Crippen LogP contribution is 2.25. The first-order valence-electron chi connectivity index (χ1n) is 5.18. The molecule has 0 atom stereocenters. The minimum absolute atomic E-state index is 0.122. The monoisotopic (exact) mass is 301 g/mol. The van der Waals surface area contributed by atoms with Crippen molar-refractivity contribution in [3.8, 4) is 0 Å². The molecule has 0 aromatic heterocycles. The normalized spacial score (nSPS) is 10.3. The molecule has 0 heterocycles. The lowest BCUT2D eigenvalue weighted by atomic mass is 10.2. The molecule has 0 aliphatic carbocycles. The Kier molecular flexibility index (Phi) is 4.02. The summed E-state index contributed by atoms with van der Waals surface area (Å²) in [6.07, 6.45) is 0. The molecule has 0 fully saturated rings. The maximum Gasteiger partial charge on any atom is 0.255 e. The van der Waals surface area contributed by atoms with Gasteiger partial charge in [0.25, 0.3) is 5.91 Å². The third-order valence-electron chi connectivity index (χ3n) is 2.30. The number of hydrogen-bond donors (Lipinski definition) is 1.